The van der Waals surface area contributed by atoms with Crippen LogP contribution in [0.25, 0.3) is 0 Å². The molecule has 6 heteroatoms. The molecular formula is C15H15N3O3. The molecule has 0 fully saturated rings. The van der Waals surface area contributed by atoms with Crippen LogP contribution in [-0.4, -0.2) is 23.3 Å². The molecule has 0 spiro atoms. The van der Waals surface area contributed by atoms with Gasteiger partial charge in [-0.1, -0.05) is 18.2 Å². The molecule has 0 atom stereocenters. The second kappa shape index (κ2) is 5.41. The Balaban J connectivity index is 1.83. The molecule has 0 saturated heterocycles. The summed E-state index contributed by atoms with van der Waals surface area (Å²) in [6.07, 6.45) is 2.21. The van der Waals surface area contributed by atoms with Gasteiger partial charge in [-0.3, -0.25) is 15.0 Å². The smallest absolute Gasteiger partial charge is 0.268 e. The standard InChI is InChI=1S/C15H15N3O3/c16-17-14(19)12-6-8-21-13(12)9-18-7-5-10-3-1-2-4-11(10)15(18)20/h1-4,6,8H,5,7,9,16H2,(H,17,19). The van der Waals surface area contributed by atoms with Crippen molar-refractivity contribution >= 4 is 11.8 Å². The van der Waals surface area contributed by atoms with E-state index in [1.807, 2.05) is 24.3 Å². The summed E-state index contributed by atoms with van der Waals surface area (Å²) in [6, 6.07) is 9.10. The van der Waals surface area contributed by atoms with Gasteiger partial charge in [0.05, 0.1) is 18.4 Å². The summed E-state index contributed by atoms with van der Waals surface area (Å²) in [5.41, 5.74) is 4.18. The Kier molecular flexibility index (Phi) is 3.45. The minimum Gasteiger partial charge on any atom is -0.467 e. The van der Waals surface area contributed by atoms with Crippen molar-refractivity contribution in [2.45, 2.75) is 13.0 Å². The first-order chi connectivity index (χ1) is 10.2. The van der Waals surface area contributed by atoms with E-state index in [0.717, 1.165) is 12.0 Å². The fourth-order valence-corrected chi connectivity index (χ4v) is 2.54. The number of nitrogens with zero attached hydrogens (tertiary/aromatic N) is 1. The predicted octanol–water partition coefficient (Wildman–Crippen LogP) is 1.08. The van der Waals surface area contributed by atoms with Gasteiger partial charge in [0.1, 0.15) is 5.76 Å². The average Bonchev–Trinajstić information content (AvgIpc) is 2.98. The maximum absolute atomic E-state index is 12.5. The molecule has 2 amide bonds. The molecule has 0 saturated carbocycles. The Morgan fingerprint density at radius 2 is 2.14 bits per heavy atom. The van der Waals surface area contributed by atoms with E-state index in [1.54, 1.807) is 11.0 Å². The second-order valence-electron chi connectivity index (χ2n) is 4.86. The van der Waals surface area contributed by atoms with Gasteiger partial charge in [-0.25, -0.2) is 5.84 Å². The van der Waals surface area contributed by atoms with E-state index < -0.39 is 5.91 Å². The maximum Gasteiger partial charge on any atom is 0.268 e. The summed E-state index contributed by atoms with van der Waals surface area (Å²) in [5.74, 6) is 5.09. The number of rotatable bonds is 3. The number of amides is 2. The van der Waals surface area contributed by atoms with Crippen LogP contribution in [0, 0.1) is 0 Å². The third-order valence-electron chi connectivity index (χ3n) is 3.64. The quantitative estimate of drug-likeness (QED) is 0.502. The Labute approximate surface area is 121 Å². The van der Waals surface area contributed by atoms with Crippen LogP contribution in [0.4, 0.5) is 0 Å². The van der Waals surface area contributed by atoms with E-state index in [9.17, 15) is 9.59 Å². The number of nitrogen functional groups attached to an aromatic ring is 1. The second-order valence-corrected chi connectivity index (χ2v) is 4.86. The Morgan fingerprint density at radius 3 is 2.95 bits per heavy atom. The molecule has 3 N–H and O–H groups in total. The van der Waals surface area contributed by atoms with Gasteiger partial charge in [0.15, 0.2) is 0 Å². The zero-order chi connectivity index (χ0) is 14.8. The number of nitrogens with two attached hydrogens (primary N) is 1. The Bertz CT molecular complexity index is 693. The predicted molar refractivity (Wildman–Crippen MR) is 75.2 cm³/mol. The normalized spacial score (nSPS) is 14.0. The van der Waals surface area contributed by atoms with Gasteiger partial charge in [0.25, 0.3) is 11.8 Å². The summed E-state index contributed by atoms with van der Waals surface area (Å²) in [7, 11) is 0. The third-order valence-corrected chi connectivity index (χ3v) is 3.64. The Hall–Kier alpha value is -2.60. The first kappa shape index (κ1) is 13.4. The highest BCUT2D eigenvalue weighted by molar-refractivity contribution is 5.97. The number of benzene rings is 1. The lowest BCUT2D eigenvalue weighted by molar-refractivity contribution is 0.0711. The van der Waals surface area contributed by atoms with Crippen molar-refractivity contribution in [3.63, 3.8) is 0 Å². The topological polar surface area (TPSA) is 88.6 Å². The molecule has 0 radical (unpaired) electrons. The van der Waals surface area contributed by atoms with Gasteiger partial charge in [0, 0.05) is 12.1 Å². The number of hydrazine groups is 1. The van der Waals surface area contributed by atoms with Crippen molar-refractivity contribution < 1.29 is 14.0 Å². The molecule has 108 valence electrons. The fraction of sp³-hybridized carbons (Fsp3) is 0.200. The minimum absolute atomic E-state index is 0.0487. The zero-order valence-corrected chi connectivity index (χ0v) is 11.3. The van der Waals surface area contributed by atoms with Gasteiger partial charge >= 0.3 is 0 Å². The molecule has 3 rings (SSSR count). The van der Waals surface area contributed by atoms with Crippen molar-refractivity contribution in [1.82, 2.24) is 10.3 Å². The molecule has 0 unspecified atom stereocenters. The zero-order valence-electron chi connectivity index (χ0n) is 11.3. The van der Waals surface area contributed by atoms with Crippen LogP contribution in [0.1, 0.15) is 32.0 Å². The average molecular weight is 285 g/mol. The van der Waals surface area contributed by atoms with E-state index in [1.165, 1.54) is 6.26 Å². The van der Waals surface area contributed by atoms with Crippen molar-refractivity contribution in [2.24, 2.45) is 5.84 Å². The third kappa shape index (κ3) is 2.41. The van der Waals surface area contributed by atoms with E-state index in [-0.39, 0.29) is 12.5 Å². The molecule has 1 aliphatic heterocycles. The molecule has 0 bridgehead atoms. The van der Waals surface area contributed by atoms with E-state index >= 15 is 0 Å². The van der Waals surface area contributed by atoms with Gasteiger partial charge in [-0.2, -0.15) is 0 Å². The highest BCUT2D eigenvalue weighted by Crippen LogP contribution is 2.21. The lowest BCUT2D eigenvalue weighted by Gasteiger charge is -2.28. The van der Waals surface area contributed by atoms with Gasteiger partial charge < -0.3 is 9.32 Å². The largest absolute Gasteiger partial charge is 0.467 e. The lowest BCUT2D eigenvalue weighted by atomic mass is 9.99. The van der Waals surface area contributed by atoms with Crippen molar-refractivity contribution in [1.29, 1.82) is 0 Å². The van der Waals surface area contributed by atoms with Crippen LogP contribution in [0.3, 0.4) is 0 Å². The molecule has 6 nitrogen and oxygen atoms in total. The van der Waals surface area contributed by atoms with Crippen LogP contribution in [-0.2, 0) is 13.0 Å². The van der Waals surface area contributed by atoms with Crippen LogP contribution in [0.2, 0.25) is 0 Å². The van der Waals surface area contributed by atoms with Crippen molar-refractivity contribution in [3.8, 4) is 0 Å². The van der Waals surface area contributed by atoms with Crippen molar-refractivity contribution in [2.75, 3.05) is 6.54 Å². The molecule has 2 aromatic rings. The molecule has 0 aliphatic carbocycles. The summed E-state index contributed by atoms with van der Waals surface area (Å²) in [4.78, 5) is 25.7. The summed E-state index contributed by atoms with van der Waals surface area (Å²) in [6.45, 7) is 0.850. The number of carbonyl (C=O) groups is 2. The maximum atomic E-state index is 12.5. The number of hydrogen-bond donors (Lipinski definition) is 2. The molecule has 2 heterocycles. The summed E-state index contributed by atoms with van der Waals surface area (Å²) < 4.78 is 5.32. The number of hydrogen-bond acceptors (Lipinski definition) is 4. The number of fused-ring (bicyclic) bond motifs is 1. The summed E-state index contributed by atoms with van der Waals surface area (Å²) >= 11 is 0. The van der Waals surface area contributed by atoms with E-state index in [4.69, 9.17) is 10.3 Å². The SMILES string of the molecule is NNC(=O)c1ccoc1CN1CCc2ccccc2C1=O. The van der Waals surface area contributed by atoms with Crippen molar-refractivity contribution in [3.05, 3.63) is 59.0 Å². The van der Waals surface area contributed by atoms with Crippen LogP contribution >= 0.6 is 0 Å². The monoisotopic (exact) mass is 285 g/mol. The van der Waals surface area contributed by atoms with E-state index in [2.05, 4.69) is 5.43 Å². The highest BCUT2D eigenvalue weighted by Gasteiger charge is 2.26. The van der Waals surface area contributed by atoms with Gasteiger partial charge in [0.2, 0.25) is 0 Å². The first-order valence-electron chi connectivity index (χ1n) is 6.65. The highest BCUT2D eigenvalue weighted by atomic mass is 16.3. The lowest BCUT2D eigenvalue weighted by Crippen LogP contribution is -2.37. The fourth-order valence-electron chi connectivity index (χ4n) is 2.54. The molecule has 21 heavy (non-hydrogen) atoms. The van der Waals surface area contributed by atoms with E-state index in [0.29, 0.717) is 23.4 Å². The minimum atomic E-state index is -0.427. The van der Waals surface area contributed by atoms with Crippen LogP contribution in [0.5, 0.6) is 0 Å². The molecular weight excluding hydrogens is 270 g/mol. The Morgan fingerprint density at radius 1 is 1.33 bits per heavy atom. The number of nitrogens with one attached hydrogen (secondary N) is 1. The molecule has 1 aromatic heterocycles. The van der Waals surface area contributed by atoms with Gasteiger partial charge in [-0.15, -0.1) is 0 Å². The molecule has 1 aromatic carbocycles. The number of furan rings is 1. The first-order valence-corrected chi connectivity index (χ1v) is 6.65. The van der Waals surface area contributed by atoms with Gasteiger partial charge in [-0.05, 0) is 24.1 Å². The molecule has 1 aliphatic rings. The number of carbonyl (C=O) groups excluding carboxylic acids is 2. The summed E-state index contributed by atoms with van der Waals surface area (Å²) in [5, 5.41) is 0. The van der Waals surface area contributed by atoms with Crippen LogP contribution < -0.4 is 11.3 Å². The van der Waals surface area contributed by atoms with Crippen LogP contribution in [0.15, 0.2) is 41.0 Å².